The van der Waals surface area contributed by atoms with Crippen molar-refractivity contribution in [1.82, 2.24) is 0 Å². The van der Waals surface area contributed by atoms with Crippen LogP contribution in [-0.2, 0) is 0 Å². The Kier molecular flexibility index (Phi) is 3.58. The van der Waals surface area contributed by atoms with Crippen molar-refractivity contribution in [3.05, 3.63) is 58.1 Å². The number of nitrogens with zero attached hydrogens (tertiary/aromatic N) is 1. The molecule has 0 saturated heterocycles. The molecule has 0 amide bonds. The summed E-state index contributed by atoms with van der Waals surface area (Å²) < 4.78 is 27.0. The van der Waals surface area contributed by atoms with Crippen molar-refractivity contribution in [3.63, 3.8) is 0 Å². The van der Waals surface area contributed by atoms with Gasteiger partial charge in [0.2, 0.25) is 0 Å². The van der Waals surface area contributed by atoms with Crippen molar-refractivity contribution in [2.45, 2.75) is 0 Å². The van der Waals surface area contributed by atoms with Crippen molar-refractivity contribution >= 4 is 27.3 Å². The summed E-state index contributed by atoms with van der Waals surface area (Å²) in [5, 5.41) is 11.5. The van der Waals surface area contributed by atoms with Gasteiger partial charge in [0.05, 0.1) is 11.3 Å². The summed E-state index contributed by atoms with van der Waals surface area (Å²) in [6, 6.07) is 10.0. The molecule has 0 atom stereocenters. The van der Waals surface area contributed by atoms with Gasteiger partial charge in [-0.3, -0.25) is 0 Å². The summed E-state index contributed by atoms with van der Waals surface area (Å²) in [5.74, 6) is -1.07. The first kappa shape index (κ1) is 12.5. The third-order valence-electron chi connectivity index (χ3n) is 2.30. The van der Waals surface area contributed by atoms with Gasteiger partial charge < -0.3 is 5.32 Å². The van der Waals surface area contributed by atoms with Crippen LogP contribution in [0.2, 0.25) is 0 Å². The average molecular weight is 309 g/mol. The lowest BCUT2D eigenvalue weighted by atomic mass is 10.2. The van der Waals surface area contributed by atoms with E-state index >= 15 is 0 Å². The lowest BCUT2D eigenvalue weighted by Crippen LogP contribution is -1.95. The second kappa shape index (κ2) is 5.15. The maximum Gasteiger partial charge on any atom is 0.146 e. The van der Waals surface area contributed by atoms with Crippen LogP contribution < -0.4 is 5.32 Å². The van der Waals surface area contributed by atoms with E-state index < -0.39 is 11.6 Å². The molecule has 2 aromatic rings. The van der Waals surface area contributed by atoms with Crippen molar-refractivity contribution in [3.8, 4) is 6.07 Å². The van der Waals surface area contributed by atoms with E-state index in [0.717, 1.165) is 18.2 Å². The number of nitriles is 1. The van der Waals surface area contributed by atoms with Gasteiger partial charge in [0, 0.05) is 16.2 Å². The van der Waals surface area contributed by atoms with Gasteiger partial charge in [0.25, 0.3) is 0 Å². The fourth-order valence-electron chi connectivity index (χ4n) is 1.43. The molecule has 0 radical (unpaired) electrons. The Morgan fingerprint density at radius 2 is 1.89 bits per heavy atom. The predicted octanol–water partition coefficient (Wildman–Crippen LogP) is 4.34. The first-order chi connectivity index (χ1) is 8.60. The minimum Gasteiger partial charge on any atom is -0.353 e. The molecular weight excluding hydrogens is 302 g/mol. The second-order valence-corrected chi connectivity index (χ2v) is 4.41. The highest BCUT2D eigenvalue weighted by Crippen LogP contribution is 2.25. The summed E-state index contributed by atoms with van der Waals surface area (Å²) in [4.78, 5) is 0. The number of rotatable bonds is 2. The van der Waals surface area contributed by atoms with Crippen LogP contribution in [0.3, 0.4) is 0 Å². The zero-order chi connectivity index (χ0) is 13.1. The highest BCUT2D eigenvalue weighted by Gasteiger charge is 2.05. The van der Waals surface area contributed by atoms with E-state index in [0.29, 0.717) is 15.7 Å². The molecule has 0 bridgehead atoms. The van der Waals surface area contributed by atoms with E-state index in [1.165, 1.54) is 0 Å². The van der Waals surface area contributed by atoms with Crippen LogP contribution in [0.5, 0.6) is 0 Å². The summed E-state index contributed by atoms with van der Waals surface area (Å²) in [6.45, 7) is 0. The Morgan fingerprint density at radius 1 is 1.11 bits per heavy atom. The molecule has 0 saturated carbocycles. The Balaban J connectivity index is 2.32. The molecule has 0 fully saturated rings. The molecule has 0 aliphatic heterocycles. The molecule has 0 aliphatic rings. The average Bonchev–Trinajstić information content (AvgIpc) is 2.34. The third-order valence-corrected chi connectivity index (χ3v) is 2.95. The van der Waals surface area contributed by atoms with Gasteiger partial charge >= 0.3 is 0 Å². The fraction of sp³-hybridized carbons (Fsp3) is 0. The van der Waals surface area contributed by atoms with E-state index in [4.69, 9.17) is 5.26 Å². The minimum atomic E-state index is -0.545. The van der Waals surface area contributed by atoms with Crippen LogP contribution in [0.4, 0.5) is 20.2 Å². The van der Waals surface area contributed by atoms with Crippen LogP contribution in [0, 0.1) is 23.0 Å². The van der Waals surface area contributed by atoms with Crippen molar-refractivity contribution in [2.75, 3.05) is 5.32 Å². The third kappa shape index (κ3) is 2.66. The molecular formula is C13H7BrF2N2. The molecule has 0 spiro atoms. The van der Waals surface area contributed by atoms with E-state index in [1.54, 1.807) is 18.2 Å². The van der Waals surface area contributed by atoms with E-state index in [-0.39, 0.29) is 5.69 Å². The van der Waals surface area contributed by atoms with Crippen LogP contribution in [0.1, 0.15) is 5.56 Å². The SMILES string of the molecule is N#Cc1ccc(Nc2cc(F)ccc2F)cc1Br. The van der Waals surface area contributed by atoms with Gasteiger partial charge in [0.15, 0.2) is 0 Å². The normalized spacial score (nSPS) is 9.89. The minimum absolute atomic E-state index is 0.0478. The molecule has 0 aromatic heterocycles. The van der Waals surface area contributed by atoms with Crippen molar-refractivity contribution in [1.29, 1.82) is 5.26 Å². The van der Waals surface area contributed by atoms with Gasteiger partial charge in [0.1, 0.15) is 17.7 Å². The summed E-state index contributed by atoms with van der Waals surface area (Å²) in [6.07, 6.45) is 0. The number of hydrogen-bond acceptors (Lipinski definition) is 2. The van der Waals surface area contributed by atoms with Gasteiger partial charge in [-0.1, -0.05) is 0 Å². The molecule has 2 rings (SSSR count). The van der Waals surface area contributed by atoms with Crippen LogP contribution in [0.15, 0.2) is 40.9 Å². The van der Waals surface area contributed by atoms with Crippen LogP contribution in [-0.4, -0.2) is 0 Å². The van der Waals surface area contributed by atoms with E-state index in [2.05, 4.69) is 21.2 Å². The number of nitrogens with one attached hydrogen (secondary N) is 1. The standard InChI is InChI=1S/C13H7BrF2N2/c14-11-6-10(3-1-8(11)7-17)18-13-5-9(15)2-4-12(13)16/h1-6,18H. The van der Waals surface area contributed by atoms with Gasteiger partial charge in [-0.15, -0.1) is 0 Å². The van der Waals surface area contributed by atoms with Gasteiger partial charge in [-0.25, -0.2) is 8.78 Å². The maximum absolute atomic E-state index is 13.4. The molecule has 1 N–H and O–H groups in total. The Hall–Kier alpha value is -1.93. The number of halogens is 3. The molecule has 0 aliphatic carbocycles. The lowest BCUT2D eigenvalue weighted by Gasteiger charge is -2.08. The van der Waals surface area contributed by atoms with Crippen molar-refractivity contribution in [2.24, 2.45) is 0 Å². The number of anilines is 2. The molecule has 18 heavy (non-hydrogen) atoms. The zero-order valence-corrected chi connectivity index (χ0v) is 10.6. The van der Waals surface area contributed by atoms with Crippen LogP contribution in [0.25, 0.3) is 0 Å². The predicted molar refractivity (Wildman–Crippen MR) is 68.5 cm³/mol. The van der Waals surface area contributed by atoms with Crippen molar-refractivity contribution < 1.29 is 8.78 Å². The Morgan fingerprint density at radius 3 is 2.56 bits per heavy atom. The number of hydrogen-bond donors (Lipinski definition) is 1. The van der Waals surface area contributed by atoms with Gasteiger partial charge in [-0.05, 0) is 46.3 Å². The molecule has 2 nitrogen and oxygen atoms in total. The fourth-order valence-corrected chi connectivity index (χ4v) is 1.90. The topological polar surface area (TPSA) is 35.8 Å². The Bertz CT molecular complexity index is 635. The van der Waals surface area contributed by atoms with Gasteiger partial charge in [-0.2, -0.15) is 5.26 Å². The highest BCUT2D eigenvalue weighted by atomic mass is 79.9. The van der Waals surface area contributed by atoms with Crippen LogP contribution >= 0.6 is 15.9 Å². The summed E-state index contributed by atoms with van der Waals surface area (Å²) >= 11 is 3.22. The maximum atomic E-state index is 13.4. The molecule has 0 heterocycles. The summed E-state index contributed by atoms with van der Waals surface area (Å²) in [7, 11) is 0. The quantitative estimate of drug-likeness (QED) is 0.895. The first-order valence-corrected chi connectivity index (χ1v) is 5.81. The largest absolute Gasteiger partial charge is 0.353 e. The molecule has 2 aromatic carbocycles. The first-order valence-electron chi connectivity index (χ1n) is 5.02. The Labute approximate surface area is 111 Å². The smallest absolute Gasteiger partial charge is 0.146 e. The second-order valence-electron chi connectivity index (χ2n) is 3.56. The monoisotopic (exact) mass is 308 g/mol. The summed E-state index contributed by atoms with van der Waals surface area (Å²) in [5.41, 5.74) is 1.08. The zero-order valence-electron chi connectivity index (χ0n) is 9.05. The molecule has 90 valence electrons. The van der Waals surface area contributed by atoms with E-state index in [1.807, 2.05) is 6.07 Å². The highest BCUT2D eigenvalue weighted by molar-refractivity contribution is 9.10. The van der Waals surface area contributed by atoms with E-state index in [9.17, 15) is 8.78 Å². The lowest BCUT2D eigenvalue weighted by molar-refractivity contribution is 0.603. The molecule has 5 heteroatoms. The number of benzene rings is 2. The molecule has 0 unspecified atom stereocenters.